The first-order valence-electron chi connectivity index (χ1n) is 10.9. The molecule has 1 unspecified atom stereocenters. The molecule has 6 nitrogen and oxygen atoms in total. The Hall–Kier alpha value is -2.94. The van der Waals surface area contributed by atoms with Crippen molar-refractivity contribution in [2.45, 2.75) is 43.3 Å². The third-order valence-corrected chi connectivity index (χ3v) is 6.57. The fourth-order valence-corrected chi connectivity index (χ4v) is 4.68. The van der Waals surface area contributed by atoms with Crippen molar-refractivity contribution < 1.29 is 22.7 Å². The SMILES string of the molecule is CC(Sc1nnc(-c2ccc(OC(F)F)cc2)o1)C(=O)N1CCC(Cc2ccccc2)CC1. The summed E-state index contributed by atoms with van der Waals surface area (Å²) in [5.74, 6) is 0.957. The van der Waals surface area contributed by atoms with Gasteiger partial charge in [0.2, 0.25) is 11.8 Å². The summed E-state index contributed by atoms with van der Waals surface area (Å²) >= 11 is 1.22. The van der Waals surface area contributed by atoms with Crippen molar-refractivity contribution in [3.05, 3.63) is 60.2 Å². The fraction of sp³-hybridized carbons (Fsp3) is 0.375. The molecule has 0 saturated carbocycles. The number of benzene rings is 2. The minimum Gasteiger partial charge on any atom is -0.435 e. The number of amides is 1. The number of likely N-dealkylation sites (tertiary alicyclic amines) is 1. The summed E-state index contributed by atoms with van der Waals surface area (Å²) in [4.78, 5) is 14.8. The highest BCUT2D eigenvalue weighted by molar-refractivity contribution is 8.00. The van der Waals surface area contributed by atoms with Crippen molar-refractivity contribution in [2.24, 2.45) is 5.92 Å². The van der Waals surface area contributed by atoms with Gasteiger partial charge in [0, 0.05) is 18.7 Å². The van der Waals surface area contributed by atoms with E-state index in [1.807, 2.05) is 17.9 Å². The Morgan fingerprint density at radius 2 is 1.82 bits per heavy atom. The van der Waals surface area contributed by atoms with E-state index < -0.39 is 6.61 Å². The normalized spacial score (nSPS) is 15.6. The summed E-state index contributed by atoms with van der Waals surface area (Å²) in [5.41, 5.74) is 1.92. The monoisotopic (exact) mass is 473 g/mol. The van der Waals surface area contributed by atoms with Crippen LogP contribution in [0.1, 0.15) is 25.3 Å². The third-order valence-electron chi connectivity index (χ3n) is 5.65. The zero-order valence-corrected chi connectivity index (χ0v) is 19.0. The molecule has 174 valence electrons. The Labute approximate surface area is 195 Å². The van der Waals surface area contributed by atoms with Crippen LogP contribution in [0.2, 0.25) is 0 Å². The molecule has 3 aromatic rings. The Bertz CT molecular complexity index is 1040. The highest BCUT2D eigenvalue weighted by atomic mass is 32.2. The van der Waals surface area contributed by atoms with Crippen LogP contribution in [-0.4, -0.2) is 46.0 Å². The molecule has 33 heavy (non-hydrogen) atoms. The first-order chi connectivity index (χ1) is 16.0. The van der Waals surface area contributed by atoms with Crippen LogP contribution < -0.4 is 4.74 Å². The summed E-state index contributed by atoms with van der Waals surface area (Å²) < 4.78 is 34.6. The number of thioether (sulfide) groups is 1. The molecule has 1 saturated heterocycles. The van der Waals surface area contributed by atoms with Gasteiger partial charge >= 0.3 is 6.61 Å². The zero-order valence-electron chi connectivity index (χ0n) is 18.2. The molecule has 1 aliphatic rings. The van der Waals surface area contributed by atoms with Gasteiger partial charge in [-0.1, -0.05) is 42.1 Å². The summed E-state index contributed by atoms with van der Waals surface area (Å²) in [7, 11) is 0. The fourth-order valence-electron chi connectivity index (χ4n) is 3.92. The van der Waals surface area contributed by atoms with Crippen molar-refractivity contribution in [1.82, 2.24) is 15.1 Å². The number of carbonyl (C=O) groups is 1. The van der Waals surface area contributed by atoms with Crippen LogP contribution in [0.4, 0.5) is 8.78 Å². The molecule has 2 aromatic carbocycles. The van der Waals surface area contributed by atoms with Crippen molar-refractivity contribution in [3.8, 4) is 17.2 Å². The Balaban J connectivity index is 1.27. The molecule has 0 aliphatic carbocycles. The topological polar surface area (TPSA) is 68.5 Å². The average Bonchev–Trinajstić information content (AvgIpc) is 3.28. The van der Waals surface area contributed by atoms with E-state index in [0.29, 0.717) is 11.5 Å². The molecule has 0 spiro atoms. The number of hydrogen-bond donors (Lipinski definition) is 0. The molecule has 1 aromatic heterocycles. The number of rotatable bonds is 8. The highest BCUT2D eigenvalue weighted by Crippen LogP contribution is 2.29. The molecule has 1 amide bonds. The summed E-state index contributed by atoms with van der Waals surface area (Å²) in [5, 5.41) is 7.95. The van der Waals surface area contributed by atoms with Crippen LogP contribution in [0.25, 0.3) is 11.5 Å². The largest absolute Gasteiger partial charge is 0.435 e. The Morgan fingerprint density at radius 3 is 2.48 bits per heavy atom. The smallest absolute Gasteiger partial charge is 0.387 e. The maximum atomic E-state index is 12.9. The van der Waals surface area contributed by atoms with Gasteiger partial charge in [0.05, 0.1) is 5.25 Å². The van der Waals surface area contributed by atoms with Gasteiger partial charge in [-0.05, 0) is 61.9 Å². The number of piperidine rings is 1. The third kappa shape index (κ3) is 6.31. The van der Waals surface area contributed by atoms with E-state index in [9.17, 15) is 13.6 Å². The van der Waals surface area contributed by atoms with Gasteiger partial charge in [-0.3, -0.25) is 4.79 Å². The summed E-state index contributed by atoms with van der Waals surface area (Å²) in [6, 6.07) is 16.4. The molecular formula is C24H25F2N3O3S. The zero-order chi connectivity index (χ0) is 23.2. The van der Waals surface area contributed by atoms with Crippen molar-refractivity contribution >= 4 is 17.7 Å². The molecule has 0 bridgehead atoms. The number of alkyl halides is 2. The number of carbonyl (C=O) groups excluding carboxylic acids is 1. The van der Waals surface area contributed by atoms with E-state index in [1.54, 1.807) is 12.1 Å². The molecule has 0 N–H and O–H groups in total. The van der Waals surface area contributed by atoms with E-state index >= 15 is 0 Å². The van der Waals surface area contributed by atoms with Crippen LogP contribution in [0.3, 0.4) is 0 Å². The van der Waals surface area contributed by atoms with E-state index in [1.165, 1.54) is 29.5 Å². The maximum absolute atomic E-state index is 12.9. The molecule has 2 heterocycles. The second-order valence-corrected chi connectivity index (χ2v) is 9.29. The van der Waals surface area contributed by atoms with Crippen LogP contribution in [0.5, 0.6) is 5.75 Å². The highest BCUT2D eigenvalue weighted by Gasteiger charge is 2.28. The van der Waals surface area contributed by atoms with Crippen molar-refractivity contribution in [1.29, 1.82) is 0 Å². The van der Waals surface area contributed by atoms with Crippen LogP contribution in [-0.2, 0) is 11.2 Å². The molecule has 4 rings (SSSR count). The first kappa shape index (κ1) is 23.2. The minimum atomic E-state index is -2.88. The second kappa shape index (κ2) is 10.8. The van der Waals surface area contributed by atoms with E-state index in [0.717, 1.165) is 32.4 Å². The van der Waals surface area contributed by atoms with Gasteiger partial charge in [0.1, 0.15) is 5.75 Å². The number of halogens is 2. The lowest BCUT2D eigenvalue weighted by Crippen LogP contribution is -2.42. The van der Waals surface area contributed by atoms with Gasteiger partial charge in [-0.25, -0.2) is 0 Å². The van der Waals surface area contributed by atoms with Crippen LogP contribution >= 0.6 is 11.8 Å². The molecule has 9 heteroatoms. The standard InChI is InChI=1S/C24H25F2N3O3S/c1-16(22(30)29-13-11-18(12-14-29)15-17-5-3-2-4-6-17)33-24-28-27-21(32-24)19-7-9-20(10-8-19)31-23(25)26/h2-10,16,18,23H,11-15H2,1H3. The van der Waals surface area contributed by atoms with E-state index in [-0.39, 0.29) is 28.0 Å². The lowest BCUT2D eigenvalue weighted by atomic mass is 9.90. The van der Waals surface area contributed by atoms with Crippen LogP contribution in [0, 0.1) is 5.92 Å². The number of hydrogen-bond acceptors (Lipinski definition) is 6. The Morgan fingerprint density at radius 1 is 1.12 bits per heavy atom. The summed E-state index contributed by atoms with van der Waals surface area (Å²) in [6.07, 6.45) is 3.04. The predicted molar refractivity (Wildman–Crippen MR) is 121 cm³/mol. The molecular weight excluding hydrogens is 448 g/mol. The van der Waals surface area contributed by atoms with Gasteiger partial charge in [0.25, 0.3) is 5.22 Å². The number of ether oxygens (including phenoxy) is 1. The van der Waals surface area contributed by atoms with Gasteiger partial charge in [0.15, 0.2) is 0 Å². The van der Waals surface area contributed by atoms with Gasteiger partial charge in [-0.15, -0.1) is 10.2 Å². The predicted octanol–water partition coefficient (Wildman–Crippen LogP) is 5.30. The van der Waals surface area contributed by atoms with Crippen molar-refractivity contribution in [2.75, 3.05) is 13.1 Å². The van der Waals surface area contributed by atoms with Gasteiger partial charge in [-0.2, -0.15) is 8.78 Å². The average molecular weight is 474 g/mol. The lowest BCUT2D eigenvalue weighted by Gasteiger charge is -2.33. The van der Waals surface area contributed by atoms with Gasteiger partial charge < -0.3 is 14.1 Å². The molecule has 1 atom stereocenters. The molecule has 0 radical (unpaired) electrons. The quantitative estimate of drug-likeness (QED) is 0.414. The second-order valence-electron chi connectivity index (χ2n) is 7.99. The van der Waals surface area contributed by atoms with E-state index in [4.69, 9.17) is 4.42 Å². The minimum absolute atomic E-state index is 0.0506. The molecule has 1 fully saturated rings. The number of nitrogens with zero attached hydrogens (tertiary/aromatic N) is 3. The molecule has 1 aliphatic heterocycles. The maximum Gasteiger partial charge on any atom is 0.387 e. The lowest BCUT2D eigenvalue weighted by molar-refractivity contribution is -0.131. The first-order valence-corrected chi connectivity index (χ1v) is 11.7. The Kier molecular flexibility index (Phi) is 7.59. The summed E-state index contributed by atoms with van der Waals surface area (Å²) in [6.45, 7) is 0.465. The number of aromatic nitrogens is 2. The van der Waals surface area contributed by atoms with Crippen LogP contribution in [0.15, 0.2) is 64.2 Å². The van der Waals surface area contributed by atoms with E-state index in [2.05, 4.69) is 39.2 Å². The van der Waals surface area contributed by atoms with Crippen molar-refractivity contribution in [3.63, 3.8) is 0 Å².